The summed E-state index contributed by atoms with van der Waals surface area (Å²) in [5.74, 6) is 0.785. The van der Waals surface area contributed by atoms with Gasteiger partial charge in [-0.25, -0.2) is 4.79 Å². The molecule has 6 heteroatoms. The van der Waals surface area contributed by atoms with Gasteiger partial charge in [0.1, 0.15) is 0 Å². The van der Waals surface area contributed by atoms with Crippen LogP contribution in [0.15, 0.2) is 10.6 Å². The number of likely N-dealkylation sites (tertiary alicyclic amines) is 1. The van der Waals surface area contributed by atoms with E-state index in [1.54, 1.807) is 0 Å². The number of ether oxygens (including phenoxy) is 1. The van der Waals surface area contributed by atoms with Crippen molar-refractivity contribution in [2.24, 2.45) is 0 Å². The van der Waals surface area contributed by atoms with E-state index in [9.17, 15) is 4.79 Å². The first-order chi connectivity index (χ1) is 9.74. The van der Waals surface area contributed by atoms with Crippen molar-refractivity contribution >= 4 is 6.03 Å². The zero-order valence-corrected chi connectivity index (χ0v) is 11.8. The van der Waals surface area contributed by atoms with E-state index in [0.29, 0.717) is 6.54 Å². The number of urea groups is 1. The van der Waals surface area contributed by atoms with Gasteiger partial charge in [-0.05, 0) is 32.6 Å². The highest BCUT2D eigenvalue weighted by Gasteiger charge is 2.33. The van der Waals surface area contributed by atoms with E-state index in [4.69, 9.17) is 9.26 Å². The number of carbonyl (C=O) groups is 1. The van der Waals surface area contributed by atoms with Crippen LogP contribution < -0.4 is 5.32 Å². The summed E-state index contributed by atoms with van der Waals surface area (Å²) >= 11 is 0. The Labute approximate surface area is 118 Å². The quantitative estimate of drug-likeness (QED) is 0.919. The van der Waals surface area contributed by atoms with Crippen molar-refractivity contribution in [1.82, 2.24) is 15.4 Å². The van der Waals surface area contributed by atoms with Gasteiger partial charge in [0.15, 0.2) is 5.76 Å². The van der Waals surface area contributed by atoms with Crippen LogP contribution in [0.4, 0.5) is 4.79 Å². The number of rotatable bonds is 3. The minimum atomic E-state index is -0.0305. The van der Waals surface area contributed by atoms with Crippen LogP contribution in [0.5, 0.6) is 0 Å². The molecule has 20 heavy (non-hydrogen) atoms. The largest absolute Gasteiger partial charge is 0.376 e. The predicted octanol–water partition coefficient (Wildman–Crippen LogP) is 2.01. The summed E-state index contributed by atoms with van der Waals surface area (Å²) < 4.78 is 10.8. The lowest BCUT2D eigenvalue weighted by Crippen LogP contribution is -2.42. The van der Waals surface area contributed by atoms with Gasteiger partial charge < -0.3 is 19.5 Å². The minimum Gasteiger partial charge on any atom is -0.376 e. The van der Waals surface area contributed by atoms with Gasteiger partial charge in [-0.2, -0.15) is 0 Å². The molecular weight excluding hydrogens is 258 g/mol. The van der Waals surface area contributed by atoms with E-state index in [0.717, 1.165) is 50.3 Å². The molecule has 2 aliphatic heterocycles. The monoisotopic (exact) mass is 279 g/mol. The maximum Gasteiger partial charge on any atom is 0.318 e. The van der Waals surface area contributed by atoms with Gasteiger partial charge in [0.25, 0.3) is 0 Å². The van der Waals surface area contributed by atoms with Crippen LogP contribution in [0.1, 0.15) is 43.2 Å². The first-order valence-corrected chi connectivity index (χ1v) is 7.33. The molecule has 0 bridgehead atoms. The third kappa shape index (κ3) is 2.80. The van der Waals surface area contributed by atoms with Crippen LogP contribution in [0, 0.1) is 6.92 Å². The number of nitrogens with one attached hydrogen (secondary N) is 1. The lowest BCUT2D eigenvalue weighted by Gasteiger charge is -2.23. The SMILES string of the molecule is Cc1cc(C2CCCN2C(=O)NCC2CCCO2)on1. The Morgan fingerprint density at radius 2 is 2.40 bits per heavy atom. The zero-order valence-electron chi connectivity index (χ0n) is 11.8. The van der Waals surface area contributed by atoms with Crippen molar-refractivity contribution in [1.29, 1.82) is 0 Å². The normalized spacial score (nSPS) is 26.1. The van der Waals surface area contributed by atoms with Crippen molar-refractivity contribution in [3.05, 3.63) is 17.5 Å². The summed E-state index contributed by atoms with van der Waals surface area (Å²) in [6, 6.07) is 1.90. The van der Waals surface area contributed by atoms with Gasteiger partial charge in [-0.1, -0.05) is 5.16 Å². The average molecular weight is 279 g/mol. The Balaban J connectivity index is 1.58. The highest BCUT2D eigenvalue weighted by atomic mass is 16.5. The maximum absolute atomic E-state index is 12.3. The lowest BCUT2D eigenvalue weighted by atomic mass is 10.1. The van der Waals surface area contributed by atoms with E-state index in [1.165, 1.54) is 0 Å². The zero-order chi connectivity index (χ0) is 13.9. The fourth-order valence-corrected chi connectivity index (χ4v) is 2.95. The van der Waals surface area contributed by atoms with Gasteiger partial charge in [0.2, 0.25) is 0 Å². The second kappa shape index (κ2) is 5.83. The Hall–Kier alpha value is -1.56. The van der Waals surface area contributed by atoms with Crippen LogP contribution in [0.3, 0.4) is 0 Å². The molecule has 0 spiro atoms. The van der Waals surface area contributed by atoms with Crippen LogP contribution in [-0.4, -0.2) is 41.9 Å². The summed E-state index contributed by atoms with van der Waals surface area (Å²) in [6.45, 7) is 4.06. The number of aromatic nitrogens is 1. The molecule has 1 N–H and O–H groups in total. The summed E-state index contributed by atoms with van der Waals surface area (Å²) in [4.78, 5) is 14.1. The first kappa shape index (κ1) is 13.4. The van der Waals surface area contributed by atoms with Gasteiger partial charge in [0.05, 0.1) is 17.8 Å². The molecule has 0 aromatic carbocycles. The second-order valence-corrected chi connectivity index (χ2v) is 5.54. The van der Waals surface area contributed by atoms with Crippen LogP contribution in [-0.2, 0) is 4.74 Å². The van der Waals surface area contributed by atoms with Crippen LogP contribution >= 0.6 is 0 Å². The number of hydrogen-bond donors (Lipinski definition) is 1. The fraction of sp³-hybridized carbons (Fsp3) is 0.714. The molecule has 3 heterocycles. The maximum atomic E-state index is 12.3. The van der Waals surface area contributed by atoms with Crippen LogP contribution in [0.25, 0.3) is 0 Å². The van der Waals surface area contributed by atoms with E-state index < -0.39 is 0 Å². The topological polar surface area (TPSA) is 67.6 Å². The summed E-state index contributed by atoms with van der Waals surface area (Å²) in [6.07, 6.45) is 4.22. The molecule has 3 rings (SSSR count). The first-order valence-electron chi connectivity index (χ1n) is 7.33. The number of nitrogens with zero attached hydrogens (tertiary/aromatic N) is 2. The van der Waals surface area contributed by atoms with Crippen molar-refractivity contribution in [2.45, 2.75) is 44.8 Å². The third-order valence-corrected chi connectivity index (χ3v) is 3.99. The van der Waals surface area contributed by atoms with Gasteiger partial charge in [0, 0.05) is 25.8 Å². The van der Waals surface area contributed by atoms with E-state index >= 15 is 0 Å². The number of carbonyl (C=O) groups excluding carboxylic acids is 1. The minimum absolute atomic E-state index is 0.0145. The average Bonchev–Trinajstić information content (AvgIpc) is 3.16. The Morgan fingerprint density at radius 3 is 3.10 bits per heavy atom. The lowest BCUT2D eigenvalue weighted by molar-refractivity contribution is 0.108. The molecule has 0 radical (unpaired) electrons. The van der Waals surface area contributed by atoms with Crippen molar-refractivity contribution < 1.29 is 14.1 Å². The van der Waals surface area contributed by atoms with E-state index in [-0.39, 0.29) is 18.2 Å². The van der Waals surface area contributed by atoms with E-state index in [1.807, 2.05) is 17.9 Å². The number of aryl methyl sites for hydroxylation is 1. The van der Waals surface area contributed by atoms with Gasteiger partial charge >= 0.3 is 6.03 Å². The molecular formula is C14H21N3O3. The fourth-order valence-electron chi connectivity index (χ4n) is 2.95. The molecule has 1 aromatic rings. The molecule has 2 amide bonds. The highest BCUT2D eigenvalue weighted by Crippen LogP contribution is 2.32. The van der Waals surface area contributed by atoms with Gasteiger partial charge in [-0.3, -0.25) is 0 Å². The molecule has 2 aliphatic rings. The molecule has 6 nitrogen and oxygen atoms in total. The van der Waals surface area contributed by atoms with Crippen molar-refractivity contribution in [2.75, 3.05) is 19.7 Å². The molecule has 2 fully saturated rings. The summed E-state index contributed by atoms with van der Waals surface area (Å²) in [5.41, 5.74) is 0.853. The molecule has 1 aromatic heterocycles. The summed E-state index contributed by atoms with van der Waals surface area (Å²) in [7, 11) is 0. The third-order valence-electron chi connectivity index (χ3n) is 3.99. The number of amides is 2. The van der Waals surface area contributed by atoms with Crippen molar-refractivity contribution in [3.63, 3.8) is 0 Å². The predicted molar refractivity (Wildman–Crippen MR) is 72.3 cm³/mol. The molecule has 2 unspecified atom stereocenters. The smallest absolute Gasteiger partial charge is 0.318 e. The second-order valence-electron chi connectivity index (χ2n) is 5.54. The standard InChI is InChI=1S/C14H21N3O3/c1-10-8-13(20-16-10)12-5-2-6-17(12)14(18)15-9-11-4-3-7-19-11/h8,11-12H,2-7,9H2,1H3,(H,15,18). The molecule has 2 atom stereocenters. The molecule has 0 aliphatic carbocycles. The summed E-state index contributed by atoms with van der Waals surface area (Å²) in [5, 5.41) is 6.88. The van der Waals surface area contributed by atoms with Gasteiger partial charge in [-0.15, -0.1) is 0 Å². The van der Waals surface area contributed by atoms with Crippen LogP contribution in [0.2, 0.25) is 0 Å². The molecule has 0 saturated carbocycles. The van der Waals surface area contributed by atoms with Crippen molar-refractivity contribution in [3.8, 4) is 0 Å². The Bertz CT molecular complexity index is 468. The number of hydrogen-bond acceptors (Lipinski definition) is 4. The Kier molecular flexibility index (Phi) is 3.91. The molecule has 2 saturated heterocycles. The molecule has 110 valence electrons. The Morgan fingerprint density at radius 1 is 1.50 bits per heavy atom. The van der Waals surface area contributed by atoms with E-state index in [2.05, 4.69) is 10.5 Å². The highest BCUT2D eigenvalue weighted by molar-refractivity contribution is 5.75.